The summed E-state index contributed by atoms with van der Waals surface area (Å²) in [4.78, 5) is 4.87. The van der Waals surface area contributed by atoms with Gasteiger partial charge in [0.1, 0.15) is 5.82 Å². The van der Waals surface area contributed by atoms with Crippen LogP contribution in [0.1, 0.15) is 44.2 Å². The van der Waals surface area contributed by atoms with Gasteiger partial charge in [0.2, 0.25) is 0 Å². The van der Waals surface area contributed by atoms with Gasteiger partial charge in [-0.3, -0.25) is 4.57 Å². The summed E-state index contributed by atoms with van der Waals surface area (Å²) in [6, 6.07) is 55.0. The van der Waals surface area contributed by atoms with Crippen LogP contribution in [0.2, 0.25) is 0 Å². The number of ether oxygens (including phenoxy) is 1. The van der Waals surface area contributed by atoms with Gasteiger partial charge in [-0.15, -0.1) is 29.7 Å². The van der Waals surface area contributed by atoms with Crippen molar-refractivity contribution in [2.75, 3.05) is 0 Å². The van der Waals surface area contributed by atoms with E-state index in [0.717, 1.165) is 72.1 Å². The molecule has 0 bridgehead atoms. The van der Waals surface area contributed by atoms with Gasteiger partial charge in [-0.1, -0.05) is 214 Å². The summed E-state index contributed by atoms with van der Waals surface area (Å²) >= 11 is 0. The Morgan fingerprint density at radius 2 is 1.09 bits per heavy atom. The third kappa shape index (κ3) is 8.68. The van der Waals surface area contributed by atoms with E-state index in [0.29, 0.717) is 39.5 Å². The molecule has 5 nitrogen and oxygen atoms in total. The van der Waals surface area contributed by atoms with Crippen LogP contribution in [0.15, 0.2) is 261 Å². The molecule has 1 aliphatic rings. The van der Waals surface area contributed by atoms with Crippen LogP contribution < -0.4 is 9.30 Å². The standard InChI is InChI=1S/C76H52N4O.Pt/c1-76(2,3)56-41-42-77-72(46-56)80-69-37-16-15-31-64(69)65-40-39-59(48-71(65)80)81-58-28-17-27-57(47-58)78-49-79-74-61(55-44-53(50-21-7-4-8-22-50)43-54(45-55)51-23-9-5-10-24-51)33-19-35-67(74)63-30-14-13-29-62(63)66-34-18-32-60(52-25-11-6-12-26-52)73(66)68-36-20-38-70(78)75(68)79;/h4-46H,1-3H3;/q-2;/i4D,5D,7D,8D,9D,10D,21D,22D,23D,24D,43D,44D,45D;. The molecule has 11 aromatic carbocycles. The number of para-hydroxylation sites is 3. The number of nitrogens with zero attached hydrogens (tertiary/aromatic N) is 4. The van der Waals surface area contributed by atoms with Gasteiger partial charge < -0.3 is 13.9 Å². The maximum atomic E-state index is 10.4. The van der Waals surface area contributed by atoms with Crippen LogP contribution in [-0.4, -0.2) is 14.1 Å². The molecule has 4 heterocycles. The fourth-order valence-corrected chi connectivity index (χ4v) is 11.3. The van der Waals surface area contributed by atoms with E-state index < -0.39 is 101 Å². The summed E-state index contributed by atoms with van der Waals surface area (Å²) in [7, 11) is 0. The number of aromatic nitrogens is 4. The molecule has 0 saturated carbocycles. The SMILES string of the molecule is [2H]c1c([2H])c([2H])c(-c2c([2H])c(-c3cccc4c3-[n+]3[c-]n(-c5[c-]c(Oc6[c-]c7c(cc6)c6ccccc6n7-c6cc(C(C)(C)C)ccn6)ccc5)c5cccc(c53)-c3c(-c5ccccc5)cccc3-c3ccccc3-4)c([2H])c(-c3c([2H])c([2H])c([2H])c([2H])c3[2H])c2[2H])c([2H])c1[2H].[Pt]. The third-order valence-electron chi connectivity index (χ3n) is 15.0. The Morgan fingerprint density at radius 3 is 1.84 bits per heavy atom. The van der Waals surface area contributed by atoms with E-state index in [1.54, 1.807) is 12.1 Å². The van der Waals surface area contributed by atoms with Crippen molar-refractivity contribution in [2.45, 2.75) is 26.2 Å². The van der Waals surface area contributed by atoms with E-state index in [2.05, 4.69) is 86.3 Å². The molecule has 0 spiro atoms. The summed E-state index contributed by atoms with van der Waals surface area (Å²) in [5.41, 5.74) is 9.11. The maximum absolute atomic E-state index is 10.4. The molecule has 0 unspecified atom stereocenters. The van der Waals surface area contributed by atoms with Crippen molar-refractivity contribution in [1.82, 2.24) is 14.1 Å². The molecular formula is C76H52N4OPt-2. The minimum atomic E-state index is -0.752. The molecule has 0 N–H and O–H groups in total. The predicted molar refractivity (Wildman–Crippen MR) is 330 cm³/mol. The summed E-state index contributed by atoms with van der Waals surface area (Å²) in [5, 5.41) is 1.99. The minimum absolute atomic E-state index is 0. The first-order chi connectivity index (χ1) is 45.2. The second-order valence-corrected chi connectivity index (χ2v) is 20.9. The Balaban J connectivity index is 0.00000778. The van der Waals surface area contributed by atoms with E-state index in [-0.39, 0.29) is 37.6 Å². The molecule has 394 valence electrons. The van der Waals surface area contributed by atoms with Crippen molar-refractivity contribution in [3.8, 4) is 107 Å². The van der Waals surface area contributed by atoms with Gasteiger partial charge in [0.15, 0.2) is 0 Å². The monoisotopic (exact) mass is 1240 g/mol. The Labute approximate surface area is 510 Å². The molecule has 0 saturated heterocycles. The first-order valence-electron chi connectivity index (χ1n) is 33.1. The predicted octanol–water partition coefficient (Wildman–Crippen LogP) is 18.9. The molecule has 14 aromatic rings. The van der Waals surface area contributed by atoms with E-state index in [9.17, 15) is 9.60 Å². The number of fused-ring (bicyclic) bond motifs is 10. The number of hydrogen-bond acceptors (Lipinski definition) is 2. The van der Waals surface area contributed by atoms with E-state index in [1.807, 2.05) is 137 Å². The fraction of sp³-hybridized carbons (Fsp3) is 0.0526. The van der Waals surface area contributed by atoms with Gasteiger partial charge in [-0.25, -0.2) is 4.98 Å². The van der Waals surface area contributed by atoms with Gasteiger partial charge in [0.05, 0.1) is 34.5 Å². The Kier molecular flexibility index (Phi) is 9.49. The van der Waals surface area contributed by atoms with Gasteiger partial charge in [-0.2, -0.15) is 18.2 Å². The third-order valence-corrected chi connectivity index (χ3v) is 15.0. The molecule has 0 fully saturated rings. The average Bonchev–Trinajstić information content (AvgIpc) is 1.70. The zero-order valence-corrected chi connectivity index (χ0v) is 46.6. The largest absolute Gasteiger partial charge is 0.510 e. The maximum Gasteiger partial charge on any atom is 0.268 e. The molecule has 0 radical (unpaired) electrons. The summed E-state index contributed by atoms with van der Waals surface area (Å²) in [5.74, 6) is 1.51. The first kappa shape index (κ1) is 38.1. The van der Waals surface area contributed by atoms with Crippen LogP contribution in [0.3, 0.4) is 0 Å². The summed E-state index contributed by atoms with van der Waals surface area (Å²) < 4.78 is 133. The van der Waals surface area contributed by atoms with Crippen LogP contribution in [0, 0.1) is 18.5 Å². The number of imidazole rings is 1. The summed E-state index contributed by atoms with van der Waals surface area (Å²) in [6.07, 6.45) is 5.57. The molecule has 0 atom stereocenters. The van der Waals surface area contributed by atoms with Crippen LogP contribution in [-0.2, 0) is 26.5 Å². The Hall–Kier alpha value is -9.67. The van der Waals surface area contributed by atoms with E-state index >= 15 is 0 Å². The van der Waals surface area contributed by atoms with Crippen LogP contribution in [0.25, 0.3) is 128 Å². The first-order valence-corrected chi connectivity index (χ1v) is 26.6. The fourth-order valence-electron chi connectivity index (χ4n) is 11.3. The van der Waals surface area contributed by atoms with Crippen LogP contribution >= 0.6 is 0 Å². The number of pyridine rings is 1. The van der Waals surface area contributed by atoms with Gasteiger partial charge in [0.25, 0.3) is 6.33 Å². The zero-order valence-electron chi connectivity index (χ0n) is 57.3. The normalized spacial score (nSPS) is 14.0. The molecule has 82 heavy (non-hydrogen) atoms. The molecule has 0 aliphatic carbocycles. The molecule has 15 rings (SSSR count). The number of rotatable bonds is 8. The topological polar surface area (TPSA) is 35.9 Å². The smallest absolute Gasteiger partial charge is 0.268 e. The minimum Gasteiger partial charge on any atom is -0.510 e. The van der Waals surface area contributed by atoms with Crippen molar-refractivity contribution < 1.29 is 48.2 Å². The second kappa shape index (κ2) is 20.5. The Bertz CT molecular complexity index is 5430. The van der Waals surface area contributed by atoms with E-state index in [4.69, 9.17) is 17.9 Å². The van der Waals surface area contributed by atoms with Crippen molar-refractivity contribution in [3.63, 3.8) is 0 Å². The van der Waals surface area contributed by atoms with Crippen molar-refractivity contribution in [1.29, 1.82) is 0 Å². The molecule has 6 heteroatoms. The Morgan fingerprint density at radius 1 is 0.488 bits per heavy atom. The zero-order chi connectivity index (χ0) is 65.5. The van der Waals surface area contributed by atoms with Crippen molar-refractivity contribution in [2.24, 2.45) is 0 Å². The molecule has 0 amide bonds. The van der Waals surface area contributed by atoms with Gasteiger partial charge in [-0.05, 0) is 136 Å². The van der Waals surface area contributed by atoms with E-state index in [1.165, 1.54) is 0 Å². The van der Waals surface area contributed by atoms with Crippen LogP contribution in [0.5, 0.6) is 11.5 Å². The van der Waals surface area contributed by atoms with Crippen molar-refractivity contribution >= 4 is 32.8 Å². The molecule has 1 aliphatic heterocycles. The second-order valence-electron chi connectivity index (χ2n) is 20.9. The number of hydrogen-bond donors (Lipinski definition) is 0. The molecular weight excluding hydrogens is 1180 g/mol. The summed E-state index contributed by atoms with van der Waals surface area (Å²) in [6.45, 7) is 6.51. The molecule has 3 aromatic heterocycles. The van der Waals surface area contributed by atoms with Crippen molar-refractivity contribution in [3.05, 3.63) is 285 Å². The van der Waals surface area contributed by atoms with Gasteiger partial charge in [0, 0.05) is 44.3 Å². The average molecular weight is 1250 g/mol. The quantitative estimate of drug-likeness (QED) is 0.112. The van der Waals surface area contributed by atoms with Gasteiger partial charge >= 0.3 is 0 Å². The number of benzene rings is 11. The van der Waals surface area contributed by atoms with Crippen LogP contribution in [0.4, 0.5) is 0 Å².